The normalized spacial score (nSPS) is 29.4. The minimum atomic E-state index is 0.698. The van der Waals surface area contributed by atoms with Crippen molar-refractivity contribution in [2.75, 3.05) is 19.6 Å². The zero-order valence-corrected chi connectivity index (χ0v) is 14.9. The fourth-order valence-corrected chi connectivity index (χ4v) is 4.24. The summed E-state index contributed by atoms with van der Waals surface area (Å²) in [5.41, 5.74) is 0. The zero-order chi connectivity index (χ0) is 15.2. The highest BCUT2D eigenvalue weighted by atomic mass is 15.2. The first-order valence-electron chi connectivity index (χ1n) is 9.55. The lowest BCUT2D eigenvalue weighted by atomic mass is 9.81. The van der Waals surface area contributed by atoms with Crippen LogP contribution in [0.25, 0.3) is 0 Å². The highest BCUT2D eigenvalue weighted by molar-refractivity contribution is 4.91. The van der Waals surface area contributed by atoms with Crippen molar-refractivity contribution >= 4 is 0 Å². The smallest absolute Gasteiger partial charge is 0.0249 e. The highest BCUT2D eigenvalue weighted by Crippen LogP contribution is 2.31. The van der Waals surface area contributed by atoms with Gasteiger partial charge in [0, 0.05) is 25.2 Å². The van der Waals surface area contributed by atoms with Crippen molar-refractivity contribution in [2.45, 2.75) is 84.7 Å². The summed E-state index contributed by atoms with van der Waals surface area (Å²) in [6.45, 7) is 13.3. The monoisotopic (exact) mass is 294 g/mol. The van der Waals surface area contributed by atoms with Gasteiger partial charge >= 0.3 is 0 Å². The summed E-state index contributed by atoms with van der Waals surface area (Å²) in [6, 6.07) is 1.51. The van der Waals surface area contributed by atoms with Crippen molar-refractivity contribution in [3.63, 3.8) is 0 Å². The first-order valence-corrected chi connectivity index (χ1v) is 9.55. The molecule has 0 amide bonds. The third-order valence-corrected chi connectivity index (χ3v) is 5.71. The van der Waals surface area contributed by atoms with E-state index in [1.807, 2.05) is 0 Å². The van der Waals surface area contributed by atoms with Crippen LogP contribution in [-0.2, 0) is 0 Å². The number of rotatable bonds is 6. The van der Waals surface area contributed by atoms with E-state index in [0.29, 0.717) is 6.04 Å². The Hall–Kier alpha value is -0.0800. The first kappa shape index (κ1) is 17.3. The van der Waals surface area contributed by atoms with Crippen molar-refractivity contribution in [3.8, 4) is 0 Å². The maximum atomic E-state index is 3.85. The van der Waals surface area contributed by atoms with Gasteiger partial charge in [0.2, 0.25) is 0 Å². The minimum absolute atomic E-state index is 0.698. The maximum absolute atomic E-state index is 3.85. The largest absolute Gasteiger partial charge is 0.311 e. The molecule has 0 radical (unpaired) electrons. The summed E-state index contributed by atoms with van der Waals surface area (Å²) in [5, 5.41) is 3.85. The van der Waals surface area contributed by atoms with Crippen LogP contribution in [0.2, 0.25) is 0 Å². The van der Waals surface area contributed by atoms with E-state index < -0.39 is 0 Å². The van der Waals surface area contributed by atoms with Gasteiger partial charge in [-0.05, 0) is 50.0 Å². The Morgan fingerprint density at radius 2 is 1.76 bits per heavy atom. The minimum Gasteiger partial charge on any atom is -0.311 e. The Morgan fingerprint density at radius 3 is 2.38 bits per heavy atom. The average molecular weight is 295 g/mol. The lowest BCUT2D eigenvalue weighted by molar-refractivity contribution is 0.0595. The third-order valence-electron chi connectivity index (χ3n) is 5.71. The van der Waals surface area contributed by atoms with Gasteiger partial charge in [0.1, 0.15) is 0 Å². The molecule has 0 bridgehead atoms. The van der Waals surface area contributed by atoms with E-state index in [1.54, 1.807) is 0 Å². The number of nitrogens with zero attached hydrogens (tertiary/aromatic N) is 1. The van der Waals surface area contributed by atoms with E-state index in [-0.39, 0.29) is 0 Å². The molecule has 1 aliphatic carbocycles. The Bertz CT molecular complexity index is 281. The second kappa shape index (κ2) is 8.53. The lowest BCUT2D eigenvalue weighted by Crippen LogP contribution is -2.60. The van der Waals surface area contributed by atoms with E-state index in [9.17, 15) is 0 Å². The van der Waals surface area contributed by atoms with Gasteiger partial charge in [0.25, 0.3) is 0 Å². The number of hydrogen-bond donors (Lipinski definition) is 1. The molecule has 0 spiro atoms. The van der Waals surface area contributed by atoms with Gasteiger partial charge in [0.05, 0.1) is 0 Å². The molecule has 0 aromatic carbocycles. The fourth-order valence-electron chi connectivity index (χ4n) is 4.24. The molecule has 2 atom stereocenters. The number of nitrogens with one attached hydrogen (secondary N) is 1. The molecule has 2 unspecified atom stereocenters. The van der Waals surface area contributed by atoms with Crippen molar-refractivity contribution in [2.24, 2.45) is 17.8 Å². The molecular weight excluding hydrogens is 256 g/mol. The van der Waals surface area contributed by atoms with Crippen molar-refractivity contribution in [1.82, 2.24) is 10.2 Å². The highest BCUT2D eigenvalue weighted by Gasteiger charge is 2.34. The SMILES string of the molecule is CC(C)CCCN1CC(C(C)C)NCC1C1CCCCC1. The van der Waals surface area contributed by atoms with Gasteiger partial charge < -0.3 is 5.32 Å². The molecule has 124 valence electrons. The van der Waals surface area contributed by atoms with Gasteiger partial charge in [-0.25, -0.2) is 0 Å². The second-order valence-corrected chi connectivity index (χ2v) is 8.26. The van der Waals surface area contributed by atoms with E-state index in [0.717, 1.165) is 23.8 Å². The van der Waals surface area contributed by atoms with Gasteiger partial charge in [-0.2, -0.15) is 0 Å². The molecule has 2 rings (SSSR count). The van der Waals surface area contributed by atoms with Crippen LogP contribution < -0.4 is 5.32 Å². The summed E-state index contributed by atoms with van der Waals surface area (Å²) in [7, 11) is 0. The molecule has 1 N–H and O–H groups in total. The Morgan fingerprint density at radius 1 is 1.05 bits per heavy atom. The number of piperazine rings is 1. The first-order chi connectivity index (χ1) is 10.1. The zero-order valence-electron chi connectivity index (χ0n) is 14.9. The topological polar surface area (TPSA) is 15.3 Å². The van der Waals surface area contributed by atoms with Crippen LogP contribution in [0.15, 0.2) is 0 Å². The molecule has 0 aromatic heterocycles. The molecule has 2 heteroatoms. The van der Waals surface area contributed by atoms with E-state index >= 15 is 0 Å². The van der Waals surface area contributed by atoms with E-state index in [1.165, 1.54) is 64.6 Å². The maximum Gasteiger partial charge on any atom is 0.0249 e. The summed E-state index contributed by atoms with van der Waals surface area (Å²) in [5.74, 6) is 2.56. The van der Waals surface area contributed by atoms with Crippen molar-refractivity contribution in [3.05, 3.63) is 0 Å². The van der Waals surface area contributed by atoms with Gasteiger partial charge in [0.15, 0.2) is 0 Å². The Balaban J connectivity index is 1.92. The molecule has 1 heterocycles. The molecule has 21 heavy (non-hydrogen) atoms. The molecule has 2 fully saturated rings. The van der Waals surface area contributed by atoms with Crippen LogP contribution in [0, 0.1) is 17.8 Å². The van der Waals surface area contributed by atoms with Crippen molar-refractivity contribution < 1.29 is 0 Å². The van der Waals surface area contributed by atoms with Gasteiger partial charge in [-0.15, -0.1) is 0 Å². The predicted octanol–water partition coefficient (Wildman–Crippen LogP) is 4.30. The summed E-state index contributed by atoms with van der Waals surface area (Å²) in [4.78, 5) is 2.86. The molecule has 2 aliphatic rings. The van der Waals surface area contributed by atoms with E-state index in [2.05, 4.69) is 37.9 Å². The van der Waals surface area contributed by atoms with Gasteiger partial charge in [-0.1, -0.05) is 47.0 Å². The van der Waals surface area contributed by atoms with Crippen molar-refractivity contribution in [1.29, 1.82) is 0 Å². The van der Waals surface area contributed by atoms with Gasteiger partial charge in [-0.3, -0.25) is 4.90 Å². The lowest BCUT2D eigenvalue weighted by Gasteiger charge is -2.46. The quantitative estimate of drug-likeness (QED) is 0.785. The average Bonchev–Trinajstić information content (AvgIpc) is 2.47. The van der Waals surface area contributed by atoms with E-state index in [4.69, 9.17) is 0 Å². The number of hydrogen-bond acceptors (Lipinski definition) is 2. The van der Waals surface area contributed by atoms with Crippen LogP contribution in [0.4, 0.5) is 0 Å². The Labute approximate surface area is 133 Å². The van der Waals surface area contributed by atoms with Crippen LogP contribution in [0.5, 0.6) is 0 Å². The van der Waals surface area contributed by atoms with Crippen LogP contribution in [0.1, 0.15) is 72.6 Å². The molecule has 1 saturated carbocycles. The molecule has 1 saturated heterocycles. The molecule has 2 nitrogen and oxygen atoms in total. The predicted molar refractivity (Wildman–Crippen MR) is 92.6 cm³/mol. The van der Waals surface area contributed by atoms with Crippen LogP contribution >= 0.6 is 0 Å². The summed E-state index contributed by atoms with van der Waals surface area (Å²) >= 11 is 0. The third kappa shape index (κ3) is 5.25. The molecular formula is C19H38N2. The fraction of sp³-hybridized carbons (Fsp3) is 1.00. The van der Waals surface area contributed by atoms with Crippen LogP contribution in [-0.4, -0.2) is 36.6 Å². The summed E-state index contributed by atoms with van der Waals surface area (Å²) < 4.78 is 0. The molecule has 0 aromatic rings. The second-order valence-electron chi connectivity index (χ2n) is 8.26. The molecule has 1 aliphatic heterocycles. The van der Waals surface area contributed by atoms with Crippen LogP contribution in [0.3, 0.4) is 0 Å². The summed E-state index contributed by atoms with van der Waals surface area (Å²) in [6.07, 6.45) is 10.1. The Kier molecular flexibility index (Phi) is 7.01. The standard InChI is InChI=1S/C19H38N2/c1-15(2)9-8-12-21-14-18(16(3)4)20-13-19(21)17-10-6-5-7-11-17/h15-20H,5-14H2,1-4H3.